The van der Waals surface area contributed by atoms with E-state index < -0.39 is 0 Å². The normalized spacial score (nSPS) is 20.5. The van der Waals surface area contributed by atoms with Gasteiger partial charge in [0, 0.05) is 19.0 Å². The minimum absolute atomic E-state index is 0.213. The molecule has 2 N–H and O–H groups in total. The molecule has 100 valence electrons. The second-order valence-corrected chi connectivity index (χ2v) is 5.12. The number of nitrogens with one attached hydrogen (secondary N) is 2. The first-order valence-electron chi connectivity index (χ1n) is 6.72. The summed E-state index contributed by atoms with van der Waals surface area (Å²) in [6.07, 6.45) is 2.23. The van der Waals surface area contributed by atoms with Gasteiger partial charge < -0.3 is 0 Å². The van der Waals surface area contributed by atoms with Crippen molar-refractivity contribution in [3.8, 4) is 0 Å². The Balaban J connectivity index is 1.66. The monoisotopic (exact) mass is 258 g/mol. The summed E-state index contributed by atoms with van der Waals surface area (Å²) in [5.74, 6) is 1.12. The van der Waals surface area contributed by atoms with Crippen LogP contribution in [0.15, 0.2) is 35.1 Å². The molecule has 2 heterocycles. The van der Waals surface area contributed by atoms with Crippen molar-refractivity contribution in [3.05, 3.63) is 52.2 Å². The molecule has 1 aliphatic heterocycles. The van der Waals surface area contributed by atoms with E-state index in [1.807, 2.05) is 6.07 Å². The van der Waals surface area contributed by atoms with E-state index in [1.165, 1.54) is 5.56 Å². The van der Waals surface area contributed by atoms with E-state index in [0.29, 0.717) is 5.92 Å². The Labute approximate surface area is 111 Å². The summed E-state index contributed by atoms with van der Waals surface area (Å²) in [5.41, 5.74) is 1.12. The van der Waals surface area contributed by atoms with E-state index in [-0.39, 0.29) is 5.69 Å². The van der Waals surface area contributed by atoms with Crippen molar-refractivity contribution in [3.63, 3.8) is 0 Å². The van der Waals surface area contributed by atoms with Crippen molar-refractivity contribution in [2.75, 3.05) is 13.1 Å². The third-order valence-corrected chi connectivity index (χ3v) is 3.66. The number of likely N-dealkylation sites (tertiary alicyclic amines) is 1. The Morgan fingerprint density at radius 1 is 1.32 bits per heavy atom. The van der Waals surface area contributed by atoms with Crippen LogP contribution in [-0.4, -0.2) is 33.2 Å². The first-order valence-corrected chi connectivity index (χ1v) is 6.72. The fourth-order valence-corrected chi connectivity index (χ4v) is 2.74. The number of nitrogens with zero attached hydrogens (tertiary/aromatic N) is 2. The molecule has 1 atom stereocenters. The second kappa shape index (κ2) is 5.40. The van der Waals surface area contributed by atoms with Gasteiger partial charge >= 0.3 is 5.69 Å². The molecule has 1 fully saturated rings. The molecule has 19 heavy (non-hydrogen) atoms. The van der Waals surface area contributed by atoms with Crippen molar-refractivity contribution in [2.24, 2.45) is 0 Å². The maximum Gasteiger partial charge on any atom is 0.340 e. The lowest BCUT2D eigenvalue weighted by Gasteiger charge is -2.31. The highest BCUT2D eigenvalue weighted by Crippen LogP contribution is 2.24. The third kappa shape index (κ3) is 2.93. The van der Waals surface area contributed by atoms with Crippen molar-refractivity contribution in [1.29, 1.82) is 0 Å². The summed E-state index contributed by atoms with van der Waals surface area (Å²) >= 11 is 0. The van der Waals surface area contributed by atoms with Crippen LogP contribution in [0.3, 0.4) is 0 Å². The van der Waals surface area contributed by atoms with E-state index in [2.05, 4.69) is 44.3 Å². The molecule has 1 aromatic carbocycles. The minimum Gasteiger partial charge on any atom is -0.298 e. The van der Waals surface area contributed by atoms with Crippen molar-refractivity contribution in [1.82, 2.24) is 20.1 Å². The molecule has 0 bridgehead atoms. The van der Waals surface area contributed by atoms with Crippen molar-refractivity contribution < 1.29 is 0 Å². The van der Waals surface area contributed by atoms with E-state index in [0.717, 1.165) is 38.3 Å². The van der Waals surface area contributed by atoms with Gasteiger partial charge in [-0.1, -0.05) is 30.3 Å². The van der Waals surface area contributed by atoms with Crippen LogP contribution in [0.25, 0.3) is 0 Å². The topological polar surface area (TPSA) is 64.8 Å². The van der Waals surface area contributed by atoms with E-state index in [9.17, 15) is 4.79 Å². The molecular formula is C14H18N4O. The zero-order valence-electron chi connectivity index (χ0n) is 10.8. The van der Waals surface area contributed by atoms with Crippen LogP contribution in [0, 0.1) is 0 Å². The summed E-state index contributed by atoms with van der Waals surface area (Å²) in [6.45, 7) is 3.03. The van der Waals surface area contributed by atoms with Crippen LogP contribution >= 0.6 is 0 Å². The number of benzene rings is 1. The van der Waals surface area contributed by atoms with E-state index in [4.69, 9.17) is 0 Å². The Hall–Kier alpha value is -1.88. The molecule has 1 saturated heterocycles. The lowest BCUT2D eigenvalue weighted by molar-refractivity contribution is 0.196. The van der Waals surface area contributed by atoms with Crippen LogP contribution in [0.5, 0.6) is 0 Å². The highest BCUT2D eigenvalue weighted by Gasteiger charge is 2.23. The molecule has 1 aromatic heterocycles. The molecule has 0 aliphatic carbocycles. The van der Waals surface area contributed by atoms with Crippen LogP contribution in [0.2, 0.25) is 0 Å². The molecular weight excluding hydrogens is 240 g/mol. The lowest BCUT2D eigenvalue weighted by Crippen LogP contribution is -2.34. The predicted octanol–water partition coefficient (Wildman–Crippen LogP) is 1.48. The maximum absolute atomic E-state index is 11.1. The van der Waals surface area contributed by atoms with Crippen LogP contribution in [0.1, 0.15) is 30.1 Å². The lowest BCUT2D eigenvalue weighted by atomic mass is 9.97. The Bertz CT molecular complexity index is 574. The van der Waals surface area contributed by atoms with Gasteiger partial charge in [-0.2, -0.15) is 5.10 Å². The van der Waals surface area contributed by atoms with Gasteiger partial charge in [-0.05, 0) is 24.9 Å². The first-order chi connectivity index (χ1) is 9.31. The molecule has 0 radical (unpaired) electrons. The molecule has 2 aromatic rings. The number of piperidine rings is 1. The smallest absolute Gasteiger partial charge is 0.298 e. The average Bonchev–Trinajstić information content (AvgIpc) is 2.87. The molecule has 0 spiro atoms. The van der Waals surface area contributed by atoms with Crippen LogP contribution in [0.4, 0.5) is 0 Å². The largest absolute Gasteiger partial charge is 0.340 e. The molecule has 5 heteroatoms. The van der Waals surface area contributed by atoms with Gasteiger partial charge in [-0.15, -0.1) is 0 Å². The van der Waals surface area contributed by atoms with Gasteiger partial charge in [0.1, 0.15) is 5.82 Å². The van der Waals surface area contributed by atoms with Crippen molar-refractivity contribution in [2.45, 2.75) is 25.3 Å². The average molecular weight is 258 g/mol. The van der Waals surface area contributed by atoms with Gasteiger partial charge in [0.05, 0.1) is 0 Å². The SMILES string of the molecule is O=c1[nH]nc([C@H]2CCCN(Cc3ccccc3)C2)[nH]1. The number of hydrogen-bond acceptors (Lipinski definition) is 3. The first kappa shape index (κ1) is 12.2. The number of aromatic amines is 2. The molecule has 5 nitrogen and oxygen atoms in total. The quantitative estimate of drug-likeness (QED) is 0.876. The van der Waals surface area contributed by atoms with E-state index in [1.54, 1.807) is 0 Å². The summed E-state index contributed by atoms with van der Waals surface area (Å²) in [4.78, 5) is 16.3. The van der Waals surface area contributed by atoms with Crippen molar-refractivity contribution >= 4 is 0 Å². The molecule has 0 unspecified atom stereocenters. The Morgan fingerprint density at radius 2 is 2.16 bits per heavy atom. The summed E-state index contributed by atoms with van der Waals surface area (Å²) in [5, 5.41) is 6.51. The second-order valence-electron chi connectivity index (χ2n) is 5.12. The zero-order chi connectivity index (χ0) is 13.1. The number of aromatic nitrogens is 3. The van der Waals surface area contributed by atoms with Gasteiger partial charge in [-0.3, -0.25) is 9.88 Å². The summed E-state index contributed by atoms with van der Waals surface area (Å²) < 4.78 is 0. The van der Waals surface area contributed by atoms with Gasteiger partial charge in [0.2, 0.25) is 0 Å². The fourth-order valence-electron chi connectivity index (χ4n) is 2.74. The van der Waals surface area contributed by atoms with Gasteiger partial charge in [-0.25, -0.2) is 9.89 Å². The summed E-state index contributed by atoms with van der Waals surface area (Å²) in [6, 6.07) is 10.5. The maximum atomic E-state index is 11.1. The van der Waals surface area contributed by atoms with Gasteiger partial charge in [0.25, 0.3) is 0 Å². The predicted molar refractivity (Wildman–Crippen MR) is 72.9 cm³/mol. The summed E-state index contributed by atoms with van der Waals surface area (Å²) in [7, 11) is 0. The zero-order valence-corrected chi connectivity index (χ0v) is 10.8. The van der Waals surface area contributed by atoms with E-state index >= 15 is 0 Å². The molecule has 0 amide bonds. The molecule has 1 aliphatic rings. The standard InChI is InChI=1S/C14H18N4O/c19-14-15-13(16-17-14)12-7-4-8-18(10-12)9-11-5-2-1-3-6-11/h1-3,5-6,12H,4,7-10H2,(H2,15,16,17,19)/t12-/m0/s1. The van der Waals surface area contributed by atoms with Crippen LogP contribution < -0.4 is 5.69 Å². The Kier molecular flexibility index (Phi) is 3.46. The van der Waals surface area contributed by atoms with Crippen LogP contribution in [-0.2, 0) is 6.54 Å². The Morgan fingerprint density at radius 3 is 2.89 bits per heavy atom. The highest BCUT2D eigenvalue weighted by atomic mass is 16.1. The molecule has 0 saturated carbocycles. The molecule has 3 rings (SSSR count). The van der Waals surface area contributed by atoms with Gasteiger partial charge in [0.15, 0.2) is 0 Å². The number of rotatable bonds is 3. The number of H-pyrrole nitrogens is 2. The highest BCUT2D eigenvalue weighted by molar-refractivity contribution is 5.14. The third-order valence-electron chi connectivity index (χ3n) is 3.66. The number of hydrogen-bond donors (Lipinski definition) is 2. The minimum atomic E-state index is -0.213. The fraction of sp³-hybridized carbons (Fsp3) is 0.429.